The molecular weight excluding hydrogens is 476 g/mol. The number of hydrogen-bond donors (Lipinski definition) is 1. The van der Waals surface area contributed by atoms with E-state index in [0.29, 0.717) is 29.6 Å². The monoisotopic (exact) mass is 502 g/mol. The number of ketones is 1. The lowest BCUT2D eigenvalue weighted by Gasteiger charge is -2.12. The van der Waals surface area contributed by atoms with E-state index in [-0.39, 0.29) is 17.7 Å². The molecule has 0 fully saturated rings. The zero-order valence-corrected chi connectivity index (χ0v) is 20.9. The third kappa shape index (κ3) is 4.85. The molecule has 0 aliphatic rings. The maximum Gasteiger partial charge on any atom is 0.341 e. The van der Waals surface area contributed by atoms with Gasteiger partial charge in [0.25, 0.3) is 0 Å². The minimum Gasteiger partial charge on any atom is -0.479 e. The van der Waals surface area contributed by atoms with Gasteiger partial charge < -0.3 is 14.2 Å². The fourth-order valence-corrected chi connectivity index (χ4v) is 5.53. The van der Waals surface area contributed by atoms with Gasteiger partial charge in [-0.05, 0) is 48.6 Å². The van der Waals surface area contributed by atoms with Crippen LogP contribution in [0.15, 0.2) is 55.3 Å². The lowest BCUT2D eigenvalue weighted by molar-refractivity contribution is -0.139. The number of fused-ring (bicyclic) bond motifs is 1. The Labute approximate surface area is 212 Å². The van der Waals surface area contributed by atoms with Gasteiger partial charge in [-0.1, -0.05) is 37.3 Å². The number of rotatable bonds is 11. The summed E-state index contributed by atoms with van der Waals surface area (Å²) in [4.78, 5) is 42.3. The van der Waals surface area contributed by atoms with Crippen LogP contribution in [0.25, 0.3) is 16.0 Å². The number of carboxylic acids is 1. The molecule has 4 rings (SSSR count). The number of nitrogens with zero attached hydrogens (tertiary/aromatic N) is 2. The second-order valence-electron chi connectivity index (χ2n) is 8.32. The predicted molar refractivity (Wildman–Crippen MR) is 139 cm³/mol. The molecule has 0 atom stereocenters. The third-order valence-electron chi connectivity index (χ3n) is 5.90. The summed E-state index contributed by atoms with van der Waals surface area (Å²) < 4.78 is 7.30. The summed E-state index contributed by atoms with van der Waals surface area (Å²) in [6.07, 6.45) is 5.73. The maximum atomic E-state index is 12.8. The molecule has 0 amide bonds. The van der Waals surface area contributed by atoms with Crippen molar-refractivity contribution >= 4 is 34.9 Å². The average molecular weight is 503 g/mol. The quantitative estimate of drug-likeness (QED) is 0.133. The Morgan fingerprint density at radius 1 is 1.22 bits per heavy atom. The van der Waals surface area contributed by atoms with E-state index in [9.17, 15) is 14.4 Å². The number of thiophene rings is 1. The molecule has 0 saturated carbocycles. The molecule has 4 aromatic rings. The van der Waals surface area contributed by atoms with Crippen LogP contribution < -0.4 is 4.74 Å². The Bertz CT molecular complexity index is 1480. The van der Waals surface area contributed by atoms with E-state index in [2.05, 4.69) is 35.8 Å². The lowest BCUT2D eigenvalue weighted by Crippen LogP contribution is -2.12. The highest BCUT2D eigenvalue weighted by Crippen LogP contribution is 2.36. The van der Waals surface area contributed by atoms with Crippen molar-refractivity contribution in [2.75, 3.05) is 6.61 Å². The highest BCUT2D eigenvalue weighted by Gasteiger charge is 2.27. The molecule has 0 unspecified atom stereocenters. The number of hydrogen-bond acceptors (Lipinski definition) is 6. The van der Waals surface area contributed by atoms with Crippen LogP contribution in [0.4, 0.5) is 0 Å². The number of aldehydes is 1. The third-order valence-corrected chi connectivity index (χ3v) is 7.04. The van der Waals surface area contributed by atoms with E-state index in [1.165, 1.54) is 4.88 Å². The number of ether oxygens (including phenoxy) is 1. The van der Waals surface area contributed by atoms with Gasteiger partial charge in [0.05, 0.1) is 11.3 Å². The van der Waals surface area contributed by atoms with Crippen LogP contribution in [-0.2, 0) is 28.9 Å². The Kier molecular flexibility index (Phi) is 7.45. The predicted octanol–water partition coefficient (Wildman–Crippen LogP) is 5.10. The van der Waals surface area contributed by atoms with Crippen LogP contribution in [0.1, 0.15) is 44.7 Å². The van der Waals surface area contributed by atoms with Crippen LogP contribution >= 0.6 is 11.3 Å². The lowest BCUT2D eigenvalue weighted by atomic mass is 9.97. The first-order valence-electron chi connectivity index (χ1n) is 11.5. The van der Waals surface area contributed by atoms with Gasteiger partial charge in [-0.2, -0.15) is 0 Å². The van der Waals surface area contributed by atoms with Crippen LogP contribution in [0.5, 0.6) is 5.88 Å². The summed E-state index contributed by atoms with van der Waals surface area (Å²) in [6, 6.07) is 12.3. The highest BCUT2D eigenvalue weighted by atomic mass is 32.1. The molecule has 0 bridgehead atoms. The van der Waals surface area contributed by atoms with Gasteiger partial charge in [0, 0.05) is 28.1 Å². The second-order valence-corrected chi connectivity index (χ2v) is 9.49. The van der Waals surface area contributed by atoms with Crippen molar-refractivity contribution in [3.63, 3.8) is 0 Å². The minimum atomic E-state index is -1.16. The maximum absolute atomic E-state index is 12.8. The Balaban J connectivity index is 1.92. The number of allylic oxidation sites excluding steroid dienone is 1. The molecular formula is C28H26N2O5S. The minimum absolute atomic E-state index is 0.0177. The summed E-state index contributed by atoms with van der Waals surface area (Å²) in [7, 11) is 0. The van der Waals surface area contributed by atoms with Gasteiger partial charge in [0.1, 0.15) is 5.52 Å². The fourth-order valence-electron chi connectivity index (χ4n) is 4.47. The van der Waals surface area contributed by atoms with Gasteiger partial charge in [0.2, 0.25) is 11.7 Å². The standard InChI is InChI=1S/C28H26N2O5S/c1-4-8-19-11-12-24(36-19)21-10-7-6-9-18(21)13-22-20(5-2)26(23(32)15-31)27-28(35-16-25(33)34)29-17(3)14-30(22)27/h4,6-7,9-12,14-15H,1,5,8,13,16H2,2-3H3,(H,33,34). The molecule has 1 N–H and O–H groups in total. The molecule has 0 saturated heterocycles. The van der Waals surface area contributed by atoms with Crippen LogP contribution in [0.2, 0.25) is 0 Å². The smallest absolute Gasteiger partial charge is 0.341 e. The molecule has 7 nitrogen and oxygen atoms in total. The van der Waals surface area contributed by atoms with E-state index in [4.69, 9.17) is 9.84 Å². The SMILES string of the molecule is C=CCc1ccc(-c2ccccc2Cc2c(CC)c(C(=O)C=O)c3c(OCC(=O)O)nc(C)cn23)s1. The second kappa shape index (κ2) is 10.7. The topological polar surface area (TPSA) is 98.0 Å². The molecule has 3 aromatic heterocycles. The summed E-state index contributed by atoms with van der Waals surface area (Å²) in [5.41, 5.74) is 4.81. The zero-order valence-electron chi connectivity index (χ0n) is 20.1. The molecule has 0 aliphatic heterocycles. The summed E-state index contributed by atoms with van der Waals surface area (Å²) >= 11 is 1.71. The van der Waals surface area contributed by atoms with Gasteiger partial charge in [-0.15, -0.1) is 17.9 Å². The van der Waals surface area contributed by atoms with Crippen molar-refractivity contribution in [1.82, 2.24) is 9.38 Å². The summed E-state index contributed by atoms with van der Waals surface area (Å²) in [5.74, 6) is -1.84. The first kappa shape index (κ1) is 25.1. The van der Waals surface area contributed by atoms with Gasteiger partial charge in [-0.3, -0.25) is 9.59 Å². The van der Waals surface area contributed by atoms with E-state index in [1.54, 1.807) is 24.5 Å². The first-order chi connectivity index (χ1) is 17.4. The normalized spacial score (nSPS) is 10.9. The molecule has 3 heterocycles. The largest absolute Gasteiger partial charge is 0.479 e. The molecule has 36 heavy (non-hydrogen) atoms. The van der Waals surface area contributed by atoms with Gasteiger partial charge in [0.15, 0.2) is 12.9 Å². The molecule has 1 aromatic carbocycles. The highest BCUT2D eigenvalue weighted by molar-refractivity contribution is 7.15. The van der Waals surface area contributed by atoms with Crippen molar-refractivity contribution in [2.24, 2.45) is 0 Å². The Hall–Kier alpha value is -4.04. The van der Waals surface area contributed by atoms with Crippen molar-refractivity contribution in [1.29, 1.82) is 0 Å². The Morgan fingerprint density at radius 2 is 2.00 bits per heavy atom. The molecule has 8 heteroatoms. The number of carboxylic acid groups (broad SMARTS) is 1. The fraction of sp³-hybridized carbons (Fsp3) is 0.214. The van der Waals surface area contributed by atoms with Crippen molar-refractivity contribution in [2.45, 2.75) is 33.1 Å². The van der Waals surface area contributed by atoms with Crippen LogP contribution in [0, 0.1) is 6.92 Å². The molecule has 0 radical (unpaired) electrons. The number of benzene rings is 1. The average Bonchev–Trinajstić information content (AvgIpc) is 3.45. The molecule has 184 valence electrons. The Morgan fingerprint density at radius 3 is 2.69 bits per heavy atom. The van der Waals surface area contributed by atoms with Crippen LogP contribution in [0.3, 0.4) is 0 Å². The number of aliphatic carboxylic acids is 1. The van der Waals surface area contributed by atoms with E-state index in [1.807, 2.05) is 29.5 Å². The summed E-state index contributed by atoms with van der Waals surface area (Å²) in [5, 5.41) is 9.13. The van der Waals surface area contributed by atoms with Gasteiger partial charge >= 0.3 is 5.97 Å². The summed E-state index contributed by atoms with van der Waals surface area (Å²) in [6.45, 7) is 6.90. The van der Waals surface area contributed by atoms with E-state index >= 15 is 0 Å². The zero-order chi connectivity index (χ0) is 25.8. The molecule has 0 spiro atoms. The number of aromatic nitrogens is 2. The van der Waals surface area contributed by atoms with Crippen molar-refractivity contribution in [3.8, 4) is 16.3 Å². The van der Waals surface area contributed by atoms with Crippen LogP contribution in [-0.4, -0.2) is 39.1 Å². The number of Topliss-reactive ketones (excluding diaryl/α,β-unsaturated/α-hetero) is 1. The van der Waals surface area contributed by atoms with Gasteiger partial charge in [-0.25, -0.2) is 9.78 Å². The van der Waals surface area contributed by atoms with Crippen molar-refractivity contribution in [3.05, 3.63) is 88.2 Å². The first-order valence-corrected chi connectivity index (χ1v) is 12.3. The number of carbonyl (C=O) groups excluding carboxylic acids is 2. The number of aryl methyl sites for hydroxylation is 1. The van der Waals surface area contributed by atoms with E-state index in [0.717, 1.165) is 28.1 Å². The molecule has 0 aliphatic carbocycles. The van der Waals surface area contributed by atoms with Crippen molar-refractivity contribution < 1.29 is 24.2 Å². The number of carbonyl (C=O) groups is 3. The van der Waals surface area contributed by atoms with E-state index < -0.39 is 18.4 Å².